The van der Waals surface area contributed by atoms with Gasteiger partial charge >= 0.3 is 0 Å². The first kappa shape index (κ1) is 13.1. The number of aliphatic hydroxyl groups excluding tert-OH is 1. The fourth-order valence-electron chi connectivity index (χ4n) is 3.37. The molecule has 1 aromatic carbocycles. The molecule has 3 rings (SSSR count). The van der Waals surface area contributed by atoms with E-state index in [9.17, 15) is 5.11 Å². The molecule has 1 saturated heterocycles. The highest BCUT2D eigenvalue weighted by Gasteiger charge is 2.47. The van der Waals surface area contributed by atoms with Gasteiger partial charge in [-0.25, -0.2) is 0 Å². The van der Waals surface area contributed by atoms with E-state index in [2.05, 4.69) is 54.2 Å². The molecule has 0 aromatic heterocycles. The number of hydrogen-bond donors (Lipinski definition) is 1. The molecule has 0 spiro atoms. The smallest absolute Gasteiger partial charge is 0.0741 e. The van der Waals surface area contributed by atoms with Gasteiger partial charge in [-0.15, -0.1) is 0 Å². The second kappa shape index (κ2) is 5.23. The number of rotatable bonds is 3. The predicted octanol–water partition coefficient (Wildman–Crippen LogP) is 1.40. The van der Waals surface area contributed by atoms with Gasteiger partial charge in [0.25, 0.3) is 0 Å². The van der Waals surface area contributed by atoms with Crippen LogP contribution in [0.15, 0.2) is 30.3 Å². The van der Waals surface area contributed by atoms with Crippen molar-refractivity contribution >= 4 is 0 Å². The Hall–Kier alpha value is -0.900. The molecule has 0 bridgehead atoms. The Labute approximate surface area is 115 Å². The molecule has 1 aliphatic heterocycles. The third-order valence-corrected chi connectivity index (χ3v) is 4.80. The van der Waals surface area contributed by atoms with Crippen molar-refractivity contribution in [3.05, 3.63) is 35.9 Å². The summed E-state index contributed by atoms with van der Waals surface area (Å²) in [5, 5.41) is 10.7. The molecule has 104 valence electrons. The summed E-state index contributed by atoms with van der Waals surface area (Å²) in [6.07, 6.45) is 0.942. The summed E-state index contributed by atoms with van der Waals surface area (Å²) in [6, 6.07) is 10.9. The molecular formula is C16H24N2O. The maximum atomic E-state index is 10.7. The van der Waals surface area contributed by atoms with Crippen LogP contribution in [0.4, 0.5) is 0 Å². The Bertz CT molecular complexity index is 422. The third kappa shape index (κ3) is 2.69. The van der Waals surface area contributed by atoms with Crippen LogP contribution in [0.1, 0.15) is 17.9 Å². The molecule has 19 heavy (non-hydrogen) atoms. The first-order chi connectivity index (χ1) is 9.16. The van der Waals surface area contributed by atoms with E-state index in [1.165, 1.54) is 5.56 Å². The van der Waals surface area contributed by atoms with Gasteiger partial charge in [-0.05, 0) is 37.9 Å². The maximum absolute atomic E-state index is 10.7. The molecule has 0 radical (unpaired) electrons. The molecule has 1 aromatic rings. The van der Waals surface area contributed by atoms with Crippen molar-refractivity contribution in [3.63, 3.8) is 0 Å². The zero-order valence-electron chi connectivity index (χ0n) is 11.9. The summed E-state index contributed by atoms with van der Waals surface area (Å²) >= 11 is 0. The molecule has 1 heterocycles. The van der Waals surface area contributed by atoms with E-state index in [1.807, 2.05) is 0 Å². The molecule has 4 unspecified atom stereocenters. The monoisotopic (exact) mass is 260 g/mol. The molecule has 0 amide bonds. The highest BCUT2D eigenvalue weighted by molar-refractivity contribution is 5.26. The Morgan fingerprint density at radius 3 is 2.63 bits per heavy atom. The zero-order chi connectivity index (χ0) is 13.4. The van der Waals surface area contributed by atoms with Crippen LogP contribution < -0.4 is 0 Å². The number of hydrogen-bond acceptors (Lipinski definition) is 3. The van der Waals surface area contributed by atoms with Crippen LogP contribution in [0.25, 0.3) is 0 Å². The lowest BCUT2D eigenvalue weighted by Crippen LogP contribution is -2.55. The molecule has 3 heteroatoms. The highest BCUT2D eigenvalue weighted by atomic mass is 16.3. The van der Waals surface area contributed by atoms with Crippen LogP contribution in [-0.4, -0.2) is 60.8 Å². The van der Waals surface area contributed by atoms with Gasteiger partial charge in [-0.3, -0.25) is 4.90 Å². The first-order valence-corrected chi connectivity index (χ1v) is 7.28. The van der Waals surface area contributed by atoms with Crippen LogP contribution in [0.2, 0.25) is 0 Å². The molecule has 4 atom stereocenters. The summed E-state index contributed by atoms with van der Waals surface area (Å²) in [5.74, 6) is 1.01. The minimum atomic E-state index is -0.196. The topological polar surface area (TPSA) is 26.7 Å². The number of nitrogens with zero attached hydrogens (tertiary/aromatic N) is 2. The average Bonchev–Trinajstić information content (AvgIpc) is 3.22. The summed E-state index contributed by atoms with van der Waals surface area (Å²) in [6.45, 7) is 3.14. The van der Waals surface area contributed by atoms with E-state index < -0.39 is 0 Å². The summed E-state index contributed by atoms with van der Waals surface area (Å²) < 4.78 is 0. The van der Waals surface area contributed by atoms with E-state index in [1.54, 1.807) is 0 Å². The van der Waals surface area contributed by atoms with Crippen LogP contribution >= 0.6 is 0 Å². The van der Waals surface area contributed by atoms with Crippen molar-refractivity contribution < 1.29 is 5.11 Å². The number of piperazine rings is 1. The van der Waals surface area contributed by atoms with E-state index in [0.717, 1.165) is 26.1 Å². The lowest BCUT2D eigenvalue weighted by Gasteiger charge is -2.40. The van der Waals surface area contributed by atoms with Crippen LogP contribution in [0.5, 0.6) is 0 Å². The van der Waals surface area contributed by atoms with Gasteiger partial charge in [0.1, 0.15) is 0 Å². The lowest BCUT2D eigenvalue weighted by molar-refractivity contribution is 0.00294. The fourth-order valence-corrected chi connectivity index (χ4v) is 3.37. The molecule has 2 fully saturated rings. The van der Waals surface area contributed by atoms with Crippen molar-refractivity contribution in [3.8, 4) is 0 Å². The van der Waals surface area contributed by atoms with E-state index in [4.69, 9.17) is 0 Å². The Balaban J connectivity index is 1.64. The Morgan fingerprint density at radius 2 is 1.89 bits per heavy atom. The summed E-state index contributed by atoms with van der Waals surface area (Å²) in [5.41, 5.74) is 1.39. The van der Waals surface area contributed by atoms with Crippen LogP contribution in [-0.2, 0) is 0 Å². The zero-order valence-corrected chi connectivity index (χ0v) is 11.9. The van der Waals surface area contributed by atoms with Gasteiger partial charge in [0.15, 0.2) is 0 Å². The lowest BCUT2D eigenvalue weighted by atomic mass is 9.99. The number of aliphatic hydroxyl groups is 1. The van der Waals surface area contributed by atoms with Gasteiger partial charge < -0.3 is 10.0 Å². The molecular weight excluding hydrogens is 236 g/mol. The van der Waals surface area contributed by atoms with Gasteiger partial charge in [0, 0.05) is 25.7 Å². The van der Waals surface area contributed by atoms with Crippen molar-refractivity contribution in [2.75, 3.05) is 33.7 Å². The Kier molecular flexibility index (Phi) is 3.61. The SMILES string of the molecule is CN1CCN(C)C(C(O)C2CC2c2ccccc2)C1. The van der Waals surface area contributed by atoms with Crippen molar-refractivity contribution in [1.29, 1.82) is 0 Å². The van der Waals surface area contributed by atoms with Crippen LogP contribution in [0, 0.1) is 5.92 Å². The number of likely N-dealkylation sites (N-methyl/N-ethyl adjacent to an activating group) is 2. The second-order valence-corrected chi connectivity index (χ2v) is 6.22. The summed E-state index contributed by atoms with van der Waals surface area (Å²) in [7, 11) is 4.29. The molecule has 1 saturated carbocycles. The highest BCUT2D eigenvalue weighted by Crippen LogP contribution is 2.50. The average molecular weight is 260 g/mol. The predicted molar refractivity (Wildman–Crippen MR) is 77.2 cm³/mol. The molecule has 1 N–H and O–H groups in total. The number of benzene rings is 1. The third-order valence-electron chi connectivity index (χ3n) is 4.80. The normalized spacial score (nSPS) is 34.2. The largest absolute Gasteiger partial charge is 0.391 e. The van der Waals surface area contributed by atoms with Crippen molar-refractivity contribution in [2.24, 2.45) is 5.92 Å². The molecule has 1 aliphatic carbocycles. The van der Waals surface area contributed by atoms with E-state index >= 15 is 0 Å². The van der Waals surface area contributed by atoms with Gasteiger partial charge in [-0.2, -0.15) is 0 Å². The Morgan fingerprint density at radius 1 is 1.16 bits per heavy atom. The minimum absolute atomic E-state index is 0.196. The molecule has 2 aliphatic rings. The van der Waals surface area contributed by atoms with E-state index in [-0.39, 0.29) is 12.1 Å². The van der Waals surface area contributed by atoms with Crippen molar-refractivity contribution in [1.82, 2.24) is 9.80 Å². The van der Waals surface area contributed by atoms with E-state index in [0.29, 0.717) is 11.8 Å². The van der Waals surface area contributed by atoms with Gasteiger partial charge in [-0.1, -0.05) is 30.3 Å². The maximum Gasteiger partial charge on any atom is 0.0741 e. The van der Waals surface area contributed by atoms with Gasteiger partial charge in [0.2, 0.25) is 0 Å². The van der Waals surface area contributed by atoms with Crippen LogP contribution in [0.3, 0.4) is 0 Å². The van der Waals surface area contributed by atoms with Crippen molar-refractivity contribution in [2.45, 2.75) is 24.5 Å². The standard InChI is InChI=1S/C16H24N2O/c1-17-8-9-18(2)15(11-17)16(19)14-10-13(14)12-6-4-3-5-7-12/h3-7,13-16,19H,8-11H2,1-2H3. The second-order valence-electron chi connectivity index (χ2n) is 6.22. The van der Waals surface area contributed by atoms with Gasteiger partial charge in [0.05, 0.1) is 6.10 Å². The quantitative estimate of drug-likeness (QED) is 0.890. The molecule has 3 nitrogen and oxygen atoms in total. The fraction of sp³-hybridized carbons (Fsp3) is 0.625. The first-order valence-electron chi connectivity index (χ1n) is 7.28. The minimum Gasteiger partial charge on any atom is -0.391 e. The summed E-state index contributed by atoms with van der Waals surface area (Å²) in [4.78, 5) is 4.65.